The van der Waals surface area contributed by atoms with Gasteiger partial charge in [-0.2, -0.15) is 0 Å². The summed E-state index contributed by atoms with van der Waals surface area (Å²) in [5.41, 5.74) is 2.06. The molecular formula is C17H16ClFN4. The van der Waals surface area contributed by atoms with Crippen molar-refractivity contribution in [3.63, 3.8) is 0 Å². The van der Waals surface area contributed by atoms with Gasteiger partial charge in [-0.15, -0.1) is 11.6 Å². The summed E-state index contributed by atoms with van der Waals surface area (Å²) in [5.74, 6) is 0.678. The van der Waals surface area contributed by atoms with Crippen LogP contribution < -0.4 is 0 Å². The summed E-state index contributed by atoms with van der Waals surface area (Å²) in [6, 6.07) is 5.80. The van der Waals surface area contributed by atoms with Gasteiger partial charge in [0.15, 0.2) is 11.5 Å². The van der Waals surface area contributed by atoms with E-state index in [1.165, 1.54) is 12.5 Å². The van der Waals surface area contributed by atoms with Crippen LogP contribution >= 0.6 is 11.6 Å². The average Bonchev–Trinajstić information content (AvgIpc) is 3.20. The predicted molar refractivity (Wildman–Crippen MR) is 87.7 cm³/mol. The first kappa shape index (κ1) is 14.6. The Bertz CT molecular complexity index is 889. The number of alkyl halides is 1. The quantitative estimate of drug-likeness (QED) is 0.677. The van der Waals surface area contributed by atoms with Crippen LogP contribution in [0.5, 0.6) is 0 Å². The summed E-state index contributed by atoms with van der Waals surface area (Å²) in [6.07, 6.45) is 3.71. The van der Waals surface area contributed by atoms with Crippen molar-refractivity contribution in [2.24, 2.45) is 0 Å². The molecule has 4 rings (SSSR count). The molecule has 0 bridgehead atoms. The molecule has 3 aromatic rings. The minimum Gasteiger partial charge on any atom is -0.279 e. The number of hydrogen-bond acceptors (Lipinski definition) is 3. The zero-order valence-electron chi connectivity index (χ0n) is 12.9. The van der Waals surface area contributed by atoms with E-state index in [-0.39, 0.29) is 17.1 Å². The summed E-state index contributed by atoms with van der Waals surface area (Å²) in [5, 5.41) is 0.379. The molecule has 3 aromatic heterocycles. The molecule has 0 saturated heterocycles. The van der Waals surface area contributed by atoms with Crippen LogP contribution in [0.4, 0.5) is 4.39 Å². The number of aromatic nitrogens is 4. The minimum absolute atomic E-state index is 0.00428. The first-order valence-corrected chi connectivity index (χ1v) is 8.12. The second-order valence-corrected chi connectivity index (χ2v) is 6.79. The predicted octanol–water partition coefficient (Wildman–Crippen LogP) is 4.17. The lowest BCUT2D eigenvalue weighted by Crippen LogP contribution is -2.06. The average molecular weight is 331 g/mol. The Morgan fingerprint density at radius 2 is 2.13 bits per heavy atom. The lowest BCUT2D eigenvalue weighted by molar-refractivity contribution is 0.613. The Balaban J connectivity index is 2.00. The second-order valence-electron chi connectivity index (χ2n) is 6.23. The van der Waals surface area contributed by atoms with Crippen molar-refractivity contribution < 1.29 is 4.39 Å². The highest BCUT2D eigenvalue weighted by atomic mass is 35.5. The topological polar surface area (TPSA) is 43.6 Å². The second kappa shape index (κ2) is 5.27. The number of hydrogen-bond donors (Lipinski definition) is 0. The summed E-state index contributed by atoms with van der Waals surface area (Å²) in [7, 11) is 0. The lowest BCUT2D eigenvalue weighted by Gasteiger charge is -2.11. The molecule has 118 valence electrons. The molecule has 0 amide bonds. The van der Waals surface area contributed by atoms with Gasteiger partial charge in [0.25, 0.3) is 0 Å². The maximum atomic E-state index is 14.9. The number of halogens is 2. The van der Waals surface area contributed by atoms with Gasteiger partial charge in [-0.3, -0.25) is 4.57 Å². The fraction of sp³-hybridized carbons (Fsp3) is 0.353. The highest BCUT2D eigenvalue weighted by Gasteiger charge is 2.42. The third-order valence-electron chi connectivity index (χ3n) is 4.25. The lowest BCUT2D eigenvalue weighted by atomic mass is 10.1. The van der Waals surface area contributed by atoms with Crippen molar-refractivity contribution in [1.82, 2.24) is 19.5 Å². The van der Waals surface area contributed by atoms with Crippen molar-refractivity contribution in [2.45, 2.75) is 37.5 Å². The molecule has 2 unspecified atom stereocenters. The summed E-state index contributed by atoms with van der Waals surface area (Å²) < 4.78 is 16.7. The Kier molecular flexibility index (Phi) is 3.34. The standard InChI is InChI=1S/C17H16ClFN4/c1-9(2)13-4-3-5-14(22-13)23-16(10-6-12(10)18)15(19)11-7-20-8-21-17(11)23/h3-5,7-10,12H,6H2,1-2H3. The molecule has 0 aliphatic heterocycles. The van der Waals surface area contributed by atoms with E-state index in [0.717, 1.165) is 12.1 Å². The zero-order chi connectivity index (χ0) is 16.1. The highest BCUT2D eigenvalue weighted by Crippen LogP contribution is 2.48. The van der Waals surface area contributed by atoms with Crippen molar-refractivity contribution in [3.8, 4) is 5.82 Å². The van der Waals surface area contributed by atoms with Crippen LogP contribution in [0.3, 0.4) is 0 Å². The van der Waals surface area contributed by atoms with Gasteiger partial charge < -0.3 is 0 Å². The maximum absolute atomic E-state index is 14.9. The molecule has 0 spiro atoms. The third-order valence-corrected chi connectivity index (χ3v) is 4.73. The van der Waals surface area contributed by atoms with E-state index in [1.807, 2.05) is 18.2 Å². The van der Waals surface area contributed by atoms with Crippen LogP contribution in [0.25, 0.3) is 16.9 Å². The highest BCUT2D eigenvalue weighted by molar-refractivity contribution is 6.23. The van der Waals surface area contributed by atoms with Gasteiger partial charge in [0, 0.05) is 23.2 Å². The largest absolute Gasteiger partial charge is 0.279 e. The number of pyridine rings is 1. The molecule has 0 aromatic carbocycles. The number of nitrogens with zero attached hydrogens (tertiary/aromatic N) is 4. The Morgan fingerprint density at radius 1 is 1.35 bits per heavy atom. The molecule has 1 aliphatic rings. The molecule has 1 saturated carbocycles. The summed E-state index contributed by atoms with van der Waals surface area (Å²) in [4.78, 5) is 12.9. The molecule has 1 aliphatic carbocycles. The summed E-state index contributed by atoms with van der Waals surface area (Å²) >= 11 is 6.19. The van der Waals surface area contributed by atoms with E-state index in [0.29, 0.717) is 28.5 Å². The zero-order valence-corrected chi connectivity index (χ0v) is 13.6. The Morgan fingerprint density at radius 3 is 2.83 bits per heavy atom. The fourth-order valence-corrected chi connectivity index (χ4v) is 3.21. The third kappa shape index (κ3) is 2.30. The monoisotopic (exact) mass is 330 g/mol. The first-order chi connectivity index (χ1) is 11.1. The maximum Gasteiger partial charge on any atom is 0.155 e. The van der Waals surface area contributed by atoms with E-state index in [9.17, 15) is 4.39 Å². The molecule has 0 N–H and O–H groups in total. The molecule has 2 atom stereocenters. The van der Waals surface area contributed by atoms with E-state index >= 15 is 0 Å². The molecule has 0 radical (unpaired) electrons. The van der Waals surface area contributed by atoms with Crippen molar-refractivity contribution >= 4 is 22.6 Å². The normalized spacial score (nSPS) is 20.4. The van der Waals surface area contributed by atoms with E-state index in [1.54, 1.807) is 4.57 Å². The molecule has 4 nitrogen and oxygen atoms in total. The van der Waals surface area contributed by atoms with E-state index in [4.69, 9.17) is 16.6 Å². The van der Waals surface area contributed by atoms with Crippen molar-refractivity contribution in [1.29, 1.82) is 0 Å². The van der Waals surface area contributed by atoms with Crippen LogP contribution in [0, 0.1) is 5.82 Å². The van der Waals surface area contributed by atoms with Gasteiger partial charge in [-0.1, -0.05) is 19.9 Å². The van der Waals surface area contributed by atoms with Gasteiger partial charge in [0.1, 0.15) is 12.1 Å². The van der Waals surface area contributed by atoms with Crippen LogP contribution in [0.2, 0.25) is 0 Å². The van der Waals surface area contributed by atoms with Crippen LogP contribution in [-0.4, -0.2) is 24.9 Å². The molecule has 6 heteroatoms. The molecule has 3 heterocycles. The fourth-order valence-electron chi connectivity index (χ4n) is 2.90. The smallest absolute Gasteiger partial charge is 0.155 e. The van der Waals surface area contributed by atoms with Crippen LogP contribution in [-0.2, 0) is 0 Å². The van der Waals surface area contributed by atoms with E-state index < -0.39 is 0 Å². The molecule has 1 fully saturated rings. The SMILES string of the molecule is CC(C)c1cccc(-n2c(C3CC3Cl)c(F)c3cncnc32)n1. The van der Waals surface area contributed by atoms with Gasteiger partial charge in [0.05, 0.1) is 11.1 Å². The van der Waals surface area contributed by atoms with Crippen LogP contribution in [0.1, 0.15) is 43.5 Å². The Hall–Kier alpha value is -2.01. The first-order valence-electron chi connectivity index (χ1n) is 7.69. The van der Waals surface area contributed by atoms with Gasteiger partial charge >= 0.3 is 0 Å². The summed E-state index contributed by atoms with van der Waals surface area (Å²) in [6.45, 7) is 4.17. The molecule has 23 heavy (non-hydrogen) atoms. The van der Waals surface area contributed by atoms with Crippen LogP contribution in [0.15, 0.2) is 30.7 Å². The van der Waals surface area contributed by atoms with Gasteiger partial charge in [-0.05, 0) is 24.5 Å². The number of rotatable bonds is 3. The number of fused-ring (bicyclic) bond motifs is 1. The van der Waals surface area contributed by atoms with Gasteiger partial charge in [-0.25, -0.2) is 19.3 Å². The van der Waals surface area contributed by atoms with Crippen molar-refractivity contribution in [3.05, 3.63) is 47.9 Å². The van der Waals surface area contributed by atoms with E-state index in [2.05, 4.69) is 23.8 Å². The Labute approximate surface area is 138 Å². The molecular weight excluding hydrogens is 315 g/mol. The van der Waals surface area contributed by atoms with Gasteiger partial charge in [0.2, 0.25) is 0 Å². The van der Waals surface area contributed by atoms with Crippen molar-refractivity contribution in [2.75, 3.05) is 0 Å². The minimum atomic E-state index is -0.287.